The Morgan fingerprint density at radius 2 is 1.31 bits per heavy atom. The maximum atomic E-state index is 12.7. The van der Waals surface area contributed by atoms with Crippen molar-refractivity contribution in [2.45, 2.75) is 76.7 Å². The fourth-order valence-electron chi connectivity index (χ4n) is 4.23. The van der Waals surface area contributed by atoms with Crippen LogP contribution in [0.25, 0.3) is 0 Å². The van der Waals surface area contributed by atoms with Gasteiger partial charge in [-0.1, -0.05) is 25.1 Å². The Morgan fingerprint density at radius 1 is 0.846 bits per heavy atom. The zero-order valence-electron chi connectivity index (χ0n) is 15.8. The molecule has 0 aromatic heterocycles. The highest BCUT2D eigenvalue weighted by molar-refractivity contribution is 5.89. The third-order valence-electron chi connectivity index (χ3n) is 5.26. The SMILES string of the molecule is CC1C2OC(C)(C)OC2C(OC(=O)c2ccccc2)C2OC(C)(C)OC12. The van der Waals surface area contributed by atoms with Crippen molar-refractivity contribution in [3.05, 3.63) is 35.9 Å². The number of benzene rings is 1. The minimum absolute atomic E-state index is 0.0558. The molecule has 1 aromatic rings. The summed E-state index contributed by atoms with van der Waals surface area (Å²) >= 11 is 0. The van der Waals surface area contributed by atoms with E-state index >= 15 is 0 Å². The summed E-state index contributed by atoms with van der Waals surface area (Å²) in [5.74, 6) is -1.82. The van der Waals surface area contributed by atoms with Gasteiger partial charge in [-0.25, -0.2) is 4.79 Å². The monoisotopic (exact) mass is 362 g/mol. The van der Waals surface area contributed by atoms with Crippen molar-refractivity contribution >= 4 is 5.97 Å². The smallest absolute Gasteiger partial charge is 0.338 e. The van der Waals surface area contributed by atoms with Gasteiger partial charge in [0.25, 0.3) is 0 Å². The van der Waals surface area contributed by atoms with Crippen LogP contribution in [0.15, 0.2) is 30.3 Å². The van der Waals surface area contributed by atoms with Crippen molar-refractivity contribution in [2.75, 3.05) is 0 Å². The molecule has 3 aliphatic rings. The first-order valence-electron chi connectivity index (χ1n) is 9.14. The molecular formula is C20H26O6. The van der Waals surface area contributed by atoms with Gasteiger partial charge in [-0.05, 0) is 39.8 Å². The van der Waals surface area contributed by atoms with Crippen LogP contribution in [0.4, 0.5) is 0 Å². The maximum Gasteiger partial charge on any atom is 0.338 e. The van der Waals surface area contributed by atoms with E-state index in [0.29, 0.717) is 5.56 Å². The summed E-state index contributed by atoms with van der Waals surface area (Å²) in [6.45, 7) is 9.55. The van der Waals surface area contributed by atoms with Crippen molar-refractivity contribution in [3.63, 3.8) is 0 Å². The Morgan fingerprint density at radius 3 is 1.81 bits per heavy atom. The molecular weight excluding hydrogens is 336 g/mol. The van der Waals surface area contributed by atoms with Crippen LogP contribution < -0.4 is 0 Å². The van der Waals surface area contributed by atoms with Gasteiger partial charge in [0.15, 0.2) is 17.7 Å². The summed E-state index contributed by atoms with van der Waals surface area (Å²) in [7, 11) is 0. The Bertz CT molecular complexity index is 653. The molecule has 0 amide bonds. The Labute approximate surface area is 153 Å². The molecule has 6 heteroatoms. The predicted molar refractivity (Wildman–Crippen MR) is 92.5 cm³/mol. The van der Waals surface area contributed by atoms with Gasteiger partial charge in [0.05, 0.1) is 17.8 Å². The standard InChI is InChI=1S/C20H26O6/c1-11-13-16(25-19(2,3)23-13)15(17-14(11)24-20(4,5)26-17)22-18(21)12-9-7-6-8-10-12/h6-11,13-17H,1-5H3. The molecule has 2 saturated heterocycles. The number of ether oxygens (including phenoxy) is 5. The molecule has 4 rings (SSSR count). The first-order valence-corrected chi connectivity index (χ1v) is 9.14. The third-order valence-corrected chi connectivity index (χ3v) is 5.26. The van der Waals surface area contributed by atoms with Crippen LogP contribution in [0.5, 0.6) is 0 Å². The highest BCUT2D eigenvalue weighted by Gasteiger charge is 2.63. The lowest BCUT2D eigenvalue weighted by molar-refractivity contribution is -0.181. The molecule has 142 valence electrons. The van der Waals surface area contributed by atoms with E-state index in [0.717, 1.165) is 0 Å². The Hall–Kier alpha value is -1.47. The molecule has 1 aliphatic carbocycles. The van der Waals surface area contributed by atoms with E-state index in [-0.39, 0.29) is 18.1 Å². The second-order valence-electron chi connectivity index (χ2n) is 8.22. The average Bonchev–Trinajstić information content (AvgIpc) is 3.08. The maximum absolute atomic E-state index is 12.7. The lowest BCUT2D eigenvalue weighted by atomic mass is 9.79. The molecule has 3 fully saturated rings. The van der Waals surface area contributed by atoms with E-state index in [1.54, 1.807) is 12.1 Å². The molecule has 0 spiro atoms. The van der Waals surface area contributed by atoms with Gasteiger partial charge in [-0.2, -0.15) is 0 Å². The molecule has 2 heterocycles. The molecule has 6 nitrogen and oxygen atoms in total. The molecule has 1 aromatic carbocycles. The molecule has 0 N–H and O–H groups in total. The fourth-order valence-corrected chi connectivity index (χ4v) is 4.23. The number of hydrogen-bond donors (Lipinski definition) is 0. The van der Waals surface area contributed by atoms with Crippen LogP contribution in [-0.2, 0) is 23.7 Å². The summed E-state index contributed by atoms with van der Waals surface area (Å²) in [5.41, 5.74) is 0.496. The number of esters is 1. The molecule has 2 aliphatic heterocycles. The molecule has 26 heavy (non-hydrogen) atoms. The van der Waals surface area contributed by atoms with Gasteiger partial charge < -0.3 is 23.7 Å². The van der Waals surface area contributed by atoms with E-state index in [4.69, 9.17) is 23.7 Å². The fraction of sp³-hybridized carbons (Fsp3) is 0.650. The summed E-state index contributed by atoms with van der Waals surface area (Å²) in [5, 5.41) is 0. The van der Waals surface area contributed by atoms with E-state index in [2.05, 4.69) is 6.92 Å². The van der Waals surface area contributed by atoms with Gasteiger partial charge in [0.2, 0.25) is 0 Å². The van der Waals surface area contributed by atoms with Gasteiger partial charge in [0.1, 0.15) is 12.2 Å². The van der Waals surface area contributed by atoms with Crippen molar-refractivity contribution < 1.29 is 28.5 Å². The van der Waals surface area contributed by atoms with Crippen molar-refractivity contribution in [1.82, 2.24) is 0 Å². The van der Waals surface area contributed by atoms with Crippen LogP contribution in [0.1, 0.15) is 45.0 Å². The summed E-state index contributed by atoms with van der Waals surface area (Å²) in [6.07, 6.45) is -1.84. The minimum atomic E-state index is -0.741. The van der Waals surface area contributed by atoms with Crippen molar-refractivity contribution in [3.8, 4) is 0 Å². The second-order valence-corrected chi connectivity index (χ2v) is 8.22. The normalized spacial score (nSPS) is 39.9. The summed E-state index contributed by atoms with van der Waals surface area (Å²) < 4.78 is 30.3. The van der Waals surface area contributed by atoms with Gasteiger partial charge in [-0.3, -0.25) is 0 Å². The van der Waals surface area contributed by atoms with Gasteiger partial charge in [0, 0.05) is 5.92 Å². The highest BCUT2D eigenvalue weighted by Crippen LogP contribution is 2.47. The number of hydrogen-bond acceptors (Lipinski definition) is 6. The minimum Gasteiger partial charge on any atom is -0.453 e. The Kier molecular flexibility index (Phi) is 4.15. The first kappa shape index (κ1) is 17.9. The molecule has 0 radical (unpaired) electrons. The second kappa shape index (κ2) is 6.02. The highest BCUT2D eigenvalue weighted by atomic mass is 16.8. The van der Waals surface area contributed by atoms with Crippen LogP contribution in [-0.4, -0.2) is 48.1 Å². The molecule has 1 saturated carbocycles. The van der Waals surface area contributed by atoms with Gasteiger partial charge in [-0.15, -0.1) is 0 Å². The number of carbonyl (C=O) groups is 1. The predicted octanol–water partition coefficient (Wildman–Crippen LogP) is 2.90. The lowest BCUT2D eigenvalue weighted by Crippen LogP contribution is -2.59. The first-order chi connectivity index (χ1) is 12.2. The average molecular weight is 362 g/mol. The van der Waals surface area contributed by atoms with E-state index in [1.807, 2.05) is 45.9 Å². The zero-order valence-corrected chi connectivity index (χ0v) is 15.8. The van der Waals surface area contributed by atoms with E-state index in [9.17, 15) is 4.79 Å². The van der Waals surface area contributed by atoms with Crippen LogP contribution in [0, 0.1) is 5.92 Å². The summed E-state index contributed by atoms with van der Waals surface area (Å²) in [6, 6.07) is 8.94. The quantitative estimate of drug-likeness (QED) is 0.754. The van der Waals surface area contributed by atoms with Crippen molar-refractivity contribution in [2.24, 2.45) is 5.92 Å². The Balaban J connectivity index is 1.64. The zero-order chi connectivity index (χ0) is 18.7. The molecule has 0 bridgehead atoms. The van der Waals surface area contributed by atoms with Crippen molar-refractivity contribution in [1.29, 1.82) is 0 Å². The topological polar surface area (TPSA) is 63.2 Å². The number of rotatable bonds is 2. The number of carbonyl (C=O) groups excluding carboxylic acids is 1. The molecule has 4 atom stereocenters. The lowest BCUT2D eigenvalue weighted by Gasteiger charge is -2.41. The van der Waals surface area contributed by atoms with Crippen LogP contribution >= 0.6 is 0 Å². The number of fused-ring (bicyclic) bond motifs is 2. The van der Waals surface area contributed by atoms with E-state index in [1.165, 1.54) is 0 Å². The van der Waals surface area contributed by atoms with E-state index < -0.39 is 35.9 Å². The third kappa shape index (κ3) is 3.05. The van der Waals surface area contributed by atoms with Crippen LogP contribution in [0.3, 0.4) is 0 Å². The van der Waals surface area contributed by atoms with Crippen LogP contribution in [0.2, 0.25) is 0 Å². The van der Waals surface area contributed by atoms with Gasteiger partial charge >= 0.3 is 5.97 Å². The largest absolute Gasteiger partial charge is 0.453 e. The molecule has 4 unspecified atom stereocenters. The summed E-state index contributed by atoms with van der Waals surface area (Å²) in [4.78, 5) is 12.7.